The van der Waals surface area contributed by atoms with Crippen molar-refractivity contribution in [3.05, 3.63) is 59.4 Å². The number of likely N-dealkylation sites (N-methyl/N-ethyl adjacent to an activating group) is 1. The maximum absolute atomic E-state index is 13.8. The predicted molar refractivity (Wildman–Crippen MR) is 93.7 cm³/mol. The van der Waals surface area contributed by atoms with Crippen molar-refractivity contribution in [3.8, 4) is 5.75 Å². The van der Waals surface area contributed by atoms with E-state index in [0.717, 1.165) is 5.56 Å². The van der Waals surface area contributed by atoms with Crippen LogP contribution in [0.2, 0.25) is 0 Å². The third-order valence-corrected chi connectivity index (χ3v) is 4.03. The molecule has 0 saturated heterocycles. The number of anilines is 1. The molecule has 4 nitrogen and oxygen atoms in total. The van der Waals surface area contributed by atoms with Gasteiger partial charge in [0, 0.05) is 12.1 Å². The van der Waals surface area contributed by atoms with Crippen LogP contribution in [-0.2, 0) is 11.3 Å². The van der Waals surface area contributed by atoms with Crippen molar-refractivity contribution in [1.82, 2.24) is 4.90 Å². The molecule has 0 spiro atoms. The molecule has 24 heavy (non-hydrogen) atoms. The lowest BCUT2D eigenvalue weighted by Crippen LogP contribution is -2.39. The Morgan fingerprint density at radius 1 is 1.29 bits per heavy atom. The second-order valence-corrected chi connectivity index (χ2v) is 5.88. The molecule has 0 radical (unpaired) electrons. The zero-order chi connectivity index (χ0) is 17.7. The lowest BCUT2D eigenvalue weighted by Gasteiger charge is -2.24. The maximum atomic E-state index is 13.8. The van der Waals surface area contributed by atoms with Crippen LogP contribution in [0.3, 0.4) is 0 Å². The Kier molecular flexibility index (Phi) is 5.93. The average molecular weight is 330 g/mol. The van der Waals surface area contributed by atoms with Gasteiger partial charge in [0.25, 0.3) is 0 Å². The number of carbonyl (C=O) groups excluding carboxylic acids is 1. The van der Waals surface area contributed by atoms with Crippen LogP contribution >= 0.6 is 0 Å². The van der Waals surface area contributed by atoms with Gasteiger partial charge in [-0.05, 0) is 44.7 Å². The van der Waals surface area contributed by atoms with Gasteiger partial charge in [-0.1, -0.05) is 24.3 Å². The summed E-state index contributed by atoms with van der Waals surface area (Å²) in [6.45, 7) is 4.09. The number of halogens is 1. The minimum Gasteiger partial charge on any atom is -0.495 e. The molecule has 0 aromatic heterocycles. The van der Waals surface area contributed by atoms with Gasteiger partial charge >= 0.3 is 0 Å². The number of ether oxygens (including phenoxy) is 1. The SMILES string of the molecule is COc1ccc(C)cc1NC(=O)C(C)N(C)Cc1ccccc1F. The van der Waals surface area contributed by atoms with Crippen LogP contribution < -0.4 is 10.1 Å². The quantitative estimate of drug-likeness (QED) is 0.880. The van der Waals surface area contributed by atoms with Crippen molar-refractivity contribution in [2.45, 2.75) is 26.4 Å². The summed E-state index contributed by atoms with van der Waals surface area (Å²) in [5, 5.41) is 2.88. The number of amides is 1. The van der Waals surface area contributed by atoms with Crippen LogP contribution in [0.25, 0.3) is 0 Å². The molecule has 1 atom stereocenters. The minimum atomic E-state index is -0.421. The monoisotopic (exact) mass is 330 g/mol. The number of hydrogen-bond acceptors (Lipinski definition) is 3. The first-order chi connectivity index (χ1) is 11.4. The van der Waals surface area contributed by atoms with Crippen molar-refractivity contribution >= 4 is 11.6 Å². The second-order valence-electron chi connectivity index (χ2n) is 5.88. The Hall–Kier alpha value is -2.40. The summed E-state index contributed by atoms with van der Waals surface area (Å²) in [5.41, 5.74) is 2.22. The standard InChI is InChI=1S/C19H23FN2O2/c1-13-9-10-18(24-4)17(11-13)21-19(23)14(2)22(3)12-15-7-5-6-8-16(15)20/h5-11,14H,12H2,1-4H3,(H,21,23). The summed E-state index contributed by atoms with van der Waals surface area (Å²) in [6.07, 6.45) is 0. The summed E-state index contributed by atoms with van der Waals surface area (Å²) in [7, 11) is 3.36. The van der Waals surface area contributed by atoms with E-state index in [1.54, 1.807) is 44.2 Å². The highest BCUT2D eigenvalue weighted by Gasteiger charge is 2.20. The summed E-state index contributed by atoms with van der Waals surface area (Å²) < 4.78 is 19.0. The van der Waals surface area contributed by atoms with Crippen LogP contribution in [0.15, 0.2) is 42.5 Å². The Morgan fingerprint density at radius 3 is 2.67 bits per heavy atom. The zero-order valence-electron chi connectivity index (χ0n) is 14.5. The first-order valence-corrected chi connectivity index (χ1v) is 7.81. The topological polar surface area (TPSA) is 41.6 Å². The molecule has 2 aromatic rings. The summed E-state index contributed by atoms with van der Waals surface area (Å²) >= 11 is 0. The van der Waals surface area contributed by atoms with Gasteiger partial charge in [0.05, 0.1) is 18.8 Å². The highest BCUT2D eigenvalue weighted by molar-refractivity contribution is 5.95. The molecule has 2 rings (SSSR count). The van der Waals surface area contributed by atoms with Crippen LogP contribution in [0, 0.1) is 12.7 Å². The van der Waals surface area contributed by atoms with Gasteiger partial charge in [0.15, 0.2) is 0 Å². The summed E-state index contributed by atoms with van der Waals surface area (Å²) in [6, 6.07) is 11.8. The Labute approximate surface area is 142 Å². The Balaban J connectivity index is 2.06. The molecule has 0 saturated carbocycles. The molecular weight excluding hydrogens is 307 g/mol. The van der Waals surface area contributed by atoms with E-state index in [2.05, 4.69) is 5.32 Å². The van der Waals surface area contributed by atoms with Gasteiger partial charge in [-0.25, -0.2) is 4.39 Å². The van der Waals surface area contributed by atoms with Crippen molar-refractivity contribution in [2.75, 3.05) is 19.5 Å². The van der Waals surface area contributed by atoms with Gasteiger partial charge in [0.2, 0.25) is 5.91 Å². The van der Waals surface area contributed by atoms with Gasteiger partial charge in [-0.2, -0.15) is 0 Å². The highest BCUT2D eigenvalue weighted by Crippen LogP contribution is 2.25. The van der Waals surface area contributed by atoms with Gasteiger partial charge in [-0.15, -0.1) is 0 Å². The highest BCUT2D eigenvalue weighted by atomic mass is 19.1. The van der Waals surface area contributed by atoms with Gasteiger partial charge in [0.1, 0.15) is 11.6 Å². The molecule has 0 bridgehead atoms. The first-order valence-electron chi connectivity index (χ1n) is 7.81. The Morgan fingerprint density at radius 2 is 2.00 bits per heavy atom. The number of nitrogens with one attached hydrogen (secondary N) is 1. The Bertz CT molecular complexity index is 718. The van der Waals surface area contributed by atoms with Crippen LogP contribution in [-0.4, -0.2) is 31.0 Å². The van der Waals surface area contributed by atoms with E-state index in [9.17, 15) is 9.18 Å². The average Bonchev–Trinajstić information content (AvgIpc) is 2.56. The molecule has 0 aliphatic heterocycles. The van der Waals surface area contributed by atoms with Crippen molar-refractivity contribution in [2.24, 2.45) is 0 Å². The first kappa shape index (κ1) is 17.9. The number of nitrogens with zero attached hydrogens (tertiary/aromatic N) is 1. The fourth-order valence-electron chi connectivity index (χ4n) is 2.39. The predicted octanol–water partition coefficient (Wildman–Crippen LogP) is 3.60. The van der Waals surface area contributed by atoms with E-state index in [-0.39, 0.29) is 11.7 Å². The number of rotatable bonds is 6. The summed E-state index contributed by atoms with van der Waals surface area (Å²) in [5.74, 6) is 0.174. The van der Waals surface area contributed by atoms with Crippen LogP contribution in [0.1, 0.15) is 18.1 Å². The molecule has 128 valence electrons. The third kappa shape index (κ3) is 4.32. The van der Waals surface area contributed by atoms with E-state index in [0.29, 0.717) is 23.5 Å². The molecule has 0 fully saturated rings. The smallest absolute Gasteiger partial charge is 0.241 e. The molecule has 0 heterocycles. The fraction of sp³-hybridized carbons (Fsp3) is 0.316. The second kappa shape index (κ2) is 7.93. The molecule has 0 aliphatic carbocycles. The lowest BCUT2D eigenvalue weighted by atomic mass is 10.1. The van der Waals surface area contributed by atoms with Crippen molar-refractivity contribution in [1.29, 1.82) is 0 Å². The molecule has 0 aliphatic rings. The number of aryl methyl sites for hydroxylation is 1. The molecular formula is C19H23FN2O2. The zero-order valence-corrected chi connectivity index (χ0v) is 14.5. The molecule has 1 unspecified atom stereocenters. The molecule has 1 N–H and O–H groups in total. The molecule has 1 amide bonds. The van der Waals surface area contributed by atoms with Crippen molar-refractivity contribution in [3.63, 3.8) is 0 Å². The summed E-state index contributed by atoms with van der Waals surface area (Å²) in [4.78, 5) is 14.3. The normalized spacial score (nSPS) is 12.1. The minimum absolute atomic E-state index is 0.169. The van der Waals surface area contributed by atoms with E-state index in [4.69, 9.17) is 4.74 Å². The van der Waals surface area contributed by atoms with E-state index in [1.807, 2.05) is 25.1 Å². The lowest BCUT2D eigenvalue weighted by molar-refractivity contribution is -0.120. The largest absolute Gasteiger partial charge is 0.495 e. The van der Waals surface area contributed by atoms with E-state index >= 15 is 0 Å². The number of methoxy groups -OCH3 is 1. The fourth-order valence-corrected chi connectivity index (χ4v) is 2.39. The van der Waals surface area contributed by atoms with Crippen LogP contribution in [0.5, 0.6) is 5.75 Å². The van der Waals surface area contributed by atoms with E-state index < -0.39 is 6.04 Å². The maximum Gasteiger partial charge on any atom is 0.241 e. The molecule has 5 heteroatoms. The number of carbonyl (C=O) groups is 1. The number of hydrogen-bond donors (Lipinski definition) is 1. The number of benzene rings is 2. The van der Waals surface area contributed by atoms with Crippen LogP contribution in [0.4, 0.5) is 10.1 Å². The van der Waals surface area contributed by atoms with Crippen molar-refractivity contribution < 1.29 is 13.9 Å². The van der Waals surface area contributed by atoms with E-state index in [1.165, 1.54) is 6.07 Å². The third-order valence-electron chi connectivity index (χ3n) is 4.03. The van der Waals surface area contributed by atoms with Gasteiger partial charge < -0.3 is 10.1 Å². The molecule has 2 aromatic carbocycles. The van der Waals surface area contributed by atoms with Gasteiger partial charge in [-0.3, -0.25) is 9.69 Å².